The molecule has 0 atom stereocenters. The van der Waals surface area contributed by atoms with Crippen LogP contribution in [0.3, 0.4) is 0 Å². The highest BCUT2D eigenvalue weighted by atomic mass is 32.2. The van der Waals surface area contributed by atoms with Crippen molar-refractivity contribution in [3.8, 4) is 0 Å². The molecule has 0 fully saturated rings. The molecule has 1 heteroatoms. The van der Waals surface area contributed by atoms with Crippen LogP contribution in [-0.2, 0) is 0 Å². The molecule has 0 aliphatic rings. The fourth-order valence-electron chi connectivity index (χ4n) is 5.04. The fourth-order valence-corrected chi connectivity index (χ4v) is 5.78. The molecule has 0 rings (SSSR count). The molecule has 0 aromatic rings. The van der Waals surface area contributed by atoms with Crippen LogP contribution in [-0.4, -0.2) is 11.5 Å². The largest absolute Gasteiger partial charge is 0.158 e. The van der Waals surface area contributed by atoms with Gasteiger partial charge in [-0.3, -0.25) is 0 Å². The lowest BCUT2D eigenvalue weighted by Gasteiger charge is -2.04. The lowest BCUT2D eigenvalue weighted by atomic mass is 10.0. The van der Waals surface area contributed by atoms with Gasteiger partial charge in [-0.15, -0.1) is 6.58 Å². The Labute approximate surface area is 222 Å². The summed E-state index contributed by atoms with van der Waals surface area (Å²) < 4.78 is 0. The predicted octanol–water partition coefficient (Wildman–Crippen LogP) is 12.8. The number of hydrogen-bond acceptors (Lipinski definition) is 1. The first kappa shape index (κ1) is 34.1. The van der Waals surface area contributed by atoms with Crippen molar-refractivity contribution in [2.75, 3.05) is 11.5 Å². The summed E-state index contributed by atoms with van der Waals surface area (Å²) in [5, 5.41) is 0. The molecule has 34 heavy (non-hydrogen) atoms. The van der Waals surface area contributed by atoms with Gasteiger partial charge in [0.25, 0.3) is 0 Å². The van der Waals surface area contributed by atoms with Crippen LogP contribution in [0.2, 0.25) is 0 Å². The normalized spacial score (nSPS) is 11.3. The maximum Gasteiger partial charge on any atom is 0.0110 e. The van der Waals surface area contributed by atoms with Crippen LogP contribution in [0.25, 0.3) is 0 Å². The maximum atomic E-state index is 3.78. The average molecular weight is 495 g/mol. The van der Waals surface area contributed by atoms with Gasteiger partial charge in [-0.25, -0.2) is 0 Å². The second kappa shape index (κ2) is 33.1. The molecule has 0 unspecified atom stereocenters. The Balaban J connectivity index is 3.00. The van der Waals surface area contributed by atoms with Crippen LogP contribution >= 0.6 is 11.8 Å². The SMILES string of the molecule is C=CCSCCCCCCCCCCCCCCCCCCCCCCCCCCCCCC. The Bertz CT molecular complexity index is 350. The standard InChI is InChI=1S/C33H66S/c1-3-5-6-7-8-9-10-11-12-13-14-15-16-17-18-19-20-21-22-23-24-25-26-27-28-29-30-31-33-34-32-4-2/h4H,2-3,5-33H2,1H3. The molecule has 0 saturated carbocycles. The van der Waals surface area contributed by atoms with Gasteiger partial charge < -0.3 is 0 Å². The third kappa shape index (κ3) is 32.1. The number of unbranched alkanes of at least 4 members (excludes halogenated alkanes) is 27. The minimum atomic E-state index is 1.12. The third-order valence-corrected chi connectivity index (χ3v) is 8.43. The topological polar surface area (TPSA) is 0 Å². The van der Waals surface area contributed by atoms with Gasteiger partial charge in [0, 0.05) is 5.75 Å². The Morgan fingerprint density at radius 2 is 0.618 bits per heavy atom. The number of rotatable bonds is 31. The van der Waals surface area contributed by atoms with Gasteiger partial charge in [0.15, 0.2) is 0 Å². The van der Waals surface area contributed by atoms with Crippen molar-refractivity contribution in [1.29, 1.82) is 0 Å². The van der Waals surface area contributed by atoms with Crippen molar-refractivity contribution < 1.29 is 0 Å². The van der Waals surface area contributed by atoms with Crippen molar-refractivity contribution in [2.45, 2.75) is 187 Å². The number of hydrogen-bond donors (Lipinski definition) is 0. The second-order valence-electron chi connectivity index (χ2n) is 10.9. The van der Waals surface area contributed by atoms with Gasteiger partial charge in [0.2, 0.25) is 0 Å². The highest BCUT2D eigenvalue weighted by Gasteiger charge is 1.96. The molecule has 0 N–H and O–H groups in total. The lowest BCUT2D eigenvalue weighted by molar-refractivity contribution is 0.514. The van der Waals surface area contributed by atoms with Crippen LogP contribution in [0.1, 0.15) is 187 Å². The molecule has 0 aliphatic carbocycles. The van der Waals surface area contributed by atoms with Crippen molar-refractivity contribution >= 4 is 11.8 Å². The lowest BCUT2D eigenvalue weighted by Crippen LogP contribution is -1.85. The molecule has 0 aliphatic heterocycles. The molecular weight excluding hydrogens is 428 g/mol. The Kier molecular flexibility index (Phi) is 33.2. The van der Waals surface area contributed by atoms with Crippen LogP contribution in [0.5, 0.6) is 0 Å². The molecule has 0 aromatic heterocycles. The van der Waals surface area contributed by atoms with Gasteiger partial charge >= 0.3 is 0 Å². The van der Waals surface area contributed by atoms with E-state index in [0.717, 1.165) is 5.75 Å². The van der Waals surface area contributed by atoms with E-state index in [4.69, 9.17) is 0 Å². The van der Waals surface area contributed by atoms with E-state index in [1.54, 1.807) is 0 Å². The highest BCUT2D eigenvalue weighted by Crippen LogP contribution is 2.16. The summed E-state index contributed by atoms with van der Waals surface area (Å²) in [6, 6.07) is 0. The second-order valence-corrected chi connectivity index (χ2v) is 12.1. The molecular formula is C33H66S. The van der Waals surface area contributed by atoms with Crippen molar-refractivity contribution in [1.82, 2.24) is 0 Å². The molecule has 0 spiro atoms. The van der Waals surface area contributed by atoms with E-state index in [9.17, 15) is 0 Å². The molecule has 0 aromatic carbocycles. The zero-order valence-corrected chi connectivity index (χ0v) is 24.7. The number of thioether (sulfide) groups is 1. The quantitative estimate of drug-likeness (QED) is 0.0681. The minimum absolute atomic E-state index is 1.12. The average Bonchev–Trinajstić information content (AvgIpc) is 2.85. The molecule has 0 heterocycles. The molecule has 0 nitrogen and oxygen atoms in total. The summed E-state index contributed by atoms with van der Waals surface area (Å²) in [5.74, 6) is 2.45. The van der Waals surface area contributed by atoms with Crippen molar-refractivity contribution in [2.24, 2.45) is 0 Å². The summed E-state index contributed by atoms with van der Waals surface area (Å²) in [6.45, 7) is 6.08. The van der Waals surface area contributed by atoms with E-state index in [2.05, 4.69) is 13.5 Å². The summed E-state index contributed by atoms with van der Waals surface area (Å²) in [4.78, 5) is 0. The van der Waals surface area contributed by atoms with E-state index >= 15 is 0 Å². The van der Waals surface area contributed by atoms with Crippen LogP contribution in [0, 0.1) is 0 Å². The zero-order chi connectivity index (χ0) is 24.6. The van der Waals surface area contributed by atoms with Crippen LogP contribution < -0.4 is 0 Å². The Hall–Kier alpha value is 0.0900. The fraction of sp³-hybridized carbons (Fsp3) is 0.939. The van der Waals surface area contributed by atoms with Gasteiger partial charge in [-0.05, 0) is 12.2 Å². The summed E-state index contributed by atoms with van der Waals surface area (Å²) in [5.41, 5.74) is 0. The summed E-state index contributed by atoms with van der Waals surface area (Å²) in [6.07, 6.45) is 43.3. The molecule has 0 radical (unpaired) electrons. The van der Waals surface area contributed by atoms with Crippen molar-refractivity contribution in [3.05, 3.63) is 12.7 Å². The van der Waals surface area contributed by atoms with E-state index in [-0.39, 0.29) is 0 Å². The van der Waals surface area contributed by atoms with E-state index < -0.39 is 0 Å². The molecule has 204 valence electrons. The summed E-state index contributed by atoms with van der Waals surface area (Å²) >= 11 is 2.03. The first-order valence-electron chi connectivity index (χ1n) is 16.1. The van der Waals surface area contributed by atoms with E-state index in [1.807, 2.05) is 17.8 Å². The monoisotopic (exact) mass is 494 g/mol. The summed E-state index contributed by atoms with van der Waals surface area (Å²) in [7, 11) is 0. The Morgan fingerprint density at radius 1 is 0.382 bits per heavy atom. The molecule has 0 saturated heterocycles. The van der Waals surface area contributed by atoms with Gasteiger partial charge in [-0.2, -0.15) is 11.8 Å². The smallest absolute Gasteiger partial charge is 0.0110 e. The first-order valence-corrected chi connectivity index (χ1v) is 17.3. The zero-order valence-electron chi connectivity index (χ0n) is 23.9. The van der Waals surface area contributed by atoms with Gasteiger partial charge in [-0.1, -0.05) is 186 Å². The van der Waals surface area contributed by atoms with Gasteiger partial charge in [0.1, 0.15) is 0 Å². The van der Waals surface area contributed by atoms with E-state index in [0.29, 0.717) is 0 Å². The minimum Gasteiger partial charge on any atom is -0.158 e. The van der Waals surface area contributed by atoms with Crippen LogP contribution in [0.15, 0.2) is 12.7 Å². The predicted molar refractivity (Wildman–Crippen MR) is 162 cm³/mol. The first-order chi connectivity index (χ1) is 16.9. The van der Waals surface area contributed by atoms with E-state index in [1.165, 1.54) is 186 Å². The highest BCUT2D eigenvalue weighted by molar-refractivity contribution is 7.99. The van der Waals surface area contributed by atoms with Gasteiger partial charge in [0.05, 0.1) is 0 Å². The Morgan fingerprint density at radius 3 is 0.853 bits per heavy atom. The van der Waals surface area contributed by atoms with Crippen LogP contribution in [0.4, 0.5) is 0 Å². The molecule has 0 amide bonds. The van der Waals surface area contributed by atoms with Crippen molar-refractivity contribution in [3.63, 3.8) is 0 Å². The third-order valence-electron chi connectivity index (χ3n) is 7.38. The maximum absolute atomic E-state index is 3.78. The molecule has 0 bridgehead atoms.